The summed E-state index contributed by atoms with van der Waals surface area (Å²) in [6, 6.07) is 0. The van der Waals surface area contributed by atoms with Gasteiger partial charge >= 0.3 is 5.97 Å². The van der Waals surface area contributed by atoms with Crippen molar-refractivity contribution < 1.29 is 14.3 Å². The molecule has 0 aliphatic rings. The Morgan fingerprint density at radius 2 is 0.757 bits per heavy atom. The van der Waals surface area contributed by atoms with Crippen LogP contribution in [0.5, 0.6) is 0 Å². The lowest BCUT2D eigenvalue weighted by molar-refractivity contribution is -0.151. The van der Waals surface area contributed by atoms with Gasteiger partial charge in [0, 0.05) is 7.11 Å². The number of ether oxygens (including phenoxy) is 2. The summed E-state index contributed by atoms with van der Waals surface area (Å²) in [6.07, 6.45) is 35.7. The van der Waals surface area contributed by atoms with E-state index in [1.165, 1.54) is 155 Å². The van der Waals surface area contributed by atoms with E-state index in [2.05, 4.69) is 13.8 Å². The smallest absolute Gasteiger partial charge is 0.311 e. The molecule has 0 N–H and O–H groups in total. The zero-order valence-electron chi connectivity index (χ0n) is 26.0. The highest BCUT2D eigenvalue weighted by molar-refractivity contribution is 5.72. The molecule has 0 aromatic heterocycles. The Balaban J connectivity index is 3.83. The van der Waals surface area contributed by atoms with Crippen LogP contribution in [-0.2, 0) is 14.3 Å². The molecule has 3 nitrogen and oxygen atoms in total. The molecule has 0 spiro atoms. The van der Waals surface area contributed by atoms with Crippen LogP contribution in [-0.4, -0.2) is 26.3 Å². The Kier molecular flexibility index (Phi) is 29.5. The SMILES string of the molecule is CCCCCCCCCCCCCCCC(OC)C(CCCCCCCCCCCCCC)C(=O)OC. The monoisotopic (exact) mass is 525 g/mol. The molecule has 0 heterocycles. The average molecular weight is 525 g/mol. The van der Waals surface area contributed by atoms with Gasteiger partial charge < -0.3 is 9.47 Å². The molecule has 0 rings (SSSR count). The van der Waals surface area contributed by atoms with Gasteiger partial charge in [0.15, 0.2) is 0 Å². The third kappa shape index (κ3) is 24.2. The molecule has 0 aromatic carbocycles. The van der Waals surface area contributed by atoms with Gasteiger partial charge in [-0.2, -0.15) is 0 Å². The third-order valence-corrected chi connectivity index (χ3v) is 8.22. The van der Waals surface area contributed by atoms with Crippen molar-refractivity contribution in [2.45, 2.75) is 193 Å². The lowest BCUT2D eigenvalue weighted by atomic mass is 9.91. The van der Waals surface area contributed by atoms with E-state index in [1.807, 2.05) is 0 Å². The summed E-state index contributed by atoms with van der Waals surface area (Å²) in [6.45, 7) is 4.57. The molecule has 0 aliphatic heterocycles. The largest absolute Gasteiger partial charge is 0.469 e. The van der Waals surface area contributed by atoms with Gasteiger partial charge in [-0.05, 0) is 12.8 Å². The normalized spacial score (nSPS) is 13.1. The molecule has 37 heavy (non-hydrogen) atoms. The van der Waals surface area contributed by atoms with Crippen LogP contribution in [0.25, 0.3) is 0 Å². The third-order valence-electron chi connectivity index (χ3n) is 8.22. The molecule has 2 unspecified atom stereocenters. The first kappa shape index (κ1) is 36.4. The standard InChI is InChI=1S/C34H68O3/c1-5-7-9-11-13-15-17-19-21-23-25-27-29-31-33(36-3)32(34(35)37-4)30-28-26-24-22-20-18-16-14-12-10-8-6-2/h32-33H,5-31H2,1-4H3. The molecule has 0 fully saturated rings. The Labute approximate surface area is 233 Å². The van der Waals surface area contributed by atoms with E-state index in [0.717, 1.165) is 25.7 Å². The van der Waals surface area contributed by atoms with E-state index in [1.54, 1.807) is 7.11 Å². The number of carbonyl (C=O) groups is 1. The summed E-state index contributed by atoms with van der Waals surface area (Å²) in [5.74, 6) is -0.180. The molecule has 0 amide bonds. The first-order valence-electron chi connectivity index (χ1n) is 16.8. The fourth-order valence-electron chi connectivity index (χ4n) is 5.66. The Morgan fingerprint density at radius 1 is 0.459 bits per heavy atom. The minimum atomic E-state index is -0.101. The van der Waals surface area contributed by atoms with Gasteiger partial charge in [0.05, 0.1) is 19.1 Å². The van der Waals surface area contributed by atoms with Crippen LogP contribution in [0.15, 0.2) is 0 Å². The Bertz CT molecular complexity index is 450. The summed E-state index contributed by atoms with van der Waals surface area (Å²) in [4.78, 5) is 12.5. The number of esters is 1. The van der Waals surface area contributed by atoms with Gasteiger partial charge in [0.2, 0.25) is 0 Å². The molecule has 0 saturated carbocycles. The second-order valence-corrected chi connectivity index (χ2v) is 11.6. The Hall–Kier alpha value is -0.570. The maximum atomic E-state index is 12.5. The van der Waals surface area contributed by atoms with Gasteiger partial charge in [-0.1, -0.05) is 174 Å². The van der Waals surface area contributed by atoms with Crippen LogP contribution < -0.4 is 0 Å². The summed E-state index contributed by atoms with van der Waals surface area (Å²) in [5.41, 5.74) is 0. The molecule has 0 radical (unpaired) electrons. The van der Waals surface area contributed by atoms with E-state index in [9.17, 15) is 4.79 Å². The molecule has 0 aromatic rings. The van der Waals surface area contributed by atoms with E-state index < -0.39 is 0 Å². The van der Waals surface area contributed by atoms with Crippen molar-refractivity contribution in [3.05, 3.63) is 0 Å². The van der Waals surface area contributed by atoms with Crippen molar-refractivity contribution in [3.8, 4) is 0 Å². The maximum Gasteiger partial charge on any atom is 0.311 e. The van der Waals surface area contributed by atoms with Crippen LogP contribution in [0.3, 0.4) is 0 Å². The zero-order chi connectivity index (χ0) is 27.2. The number of hydrogen-bond donors (Lipinski definition) is 0. The molecular weight excluding hydrogens is 456 g/mol. The van der Waals surface area contributed by atoms with Crippen molar-refractivity contribution in [1.82, 2.24) is 0 Å². The number of unbranched alkanes of at least 4 members (excludes halogenated alkanes) is 23. The molecule has 0 bridgehead atoms. The predicted molar refractivity (Wildman–Crippen MR) is 162 cm³/mol. The van der Waals surface area contributed by atoms with Crippen molar-refractivity contribution >= 4 is 5.97 Å². The Morgan fingerprint density at radius 3 is 1.05 bits per heavy atom. The van der Waals surface area contributed by atoms with E-state index >= 15 is 0 Å². The first-order valence-corrected chi connectivity index (χ1v) is 16.8. The quantitative estimate of drug-likeness (QED) is 0.0692. The summed E-state index contributed by atoms with van der Waals surface area (Å²) in [7, 11) is 3.29. The van der Waals surface area contributed by atoms with Gasteiger partial charge in [-0.25, -0.2) is 0 Å². The van der Waals surface area contributed by atoms with E-state index in [0.29, 0.717) is 0 Å². The first-order chi connectivity index (χ1) is 18.2. The van der Waals surface area contributed by atoms with Crippen molar-refractivity contribution in [3.63, 3.8) is 0 Å². The molecule has 222 valence electrons. The van der Waals surface area contributed by atoms with E-state index in [-0.39, 0.29) is 18.0 Å². The van der Waals surface area contributed by atoms with Gasteiger partial charge in [0.25, 0.3) is 0 Å². The second kappa shape index (κ2) is 30.0. The number of carbonyl (C=O) groups excluding carboxylic acids is 1. The molecule has 0 aliphatic carbocycles. The lowest BCUT2D eigenvalue weighted by Crippen LogP contribution is -2.31. The zero-order valence-corrected chi connectivity index (χ0v) is 26.0. The van der Waals surface area contributed by atoms with Crippen LogP contribution in [0.2, 0.25) is 0 Å². The number of methoxy groups -OCH3 is 2. The van der Waals surface area contributed by atoms with Crippen LogP contribution in [0, 0.1) is 5.92 Å². The van der Waals surface area contributed by atoms with Crippen molar-refractivity contribution in [1.29, 1.82) is 0 Å². The van der Waals surface area contributed by atoms with E-state index in [4.69, 9.17) is 9.47 Å². The second-order valence-electron chi connectivity index (χ2n) is 11.6. The van der Waals surface area contributed by atoms with Crippen LogP contribution in [0.1, 0.15) is 187 Å². The predicted octanol–water partition coefficient (Wildman–Crippen LogP) is 11.4. The molecule has 3 heteroatoms. The highest BCUT2D eigenvalue weighted by Crippen LogP contribution is 2.24. The van der Waals surface area contributed by atoms with Crippen molar-refractivity contribution in [2.24, 2.45) is 5.92 Å². The molecule has 0 saturated heterocycles. The minimum absolute atomic E-state index is 0.00728. The van der Waals surface area contributed by atoms with Crippen LogP contribution in [0.4, 0.5) is 0 Å². The minimum Gasteiger partial charge on any atom is -0.469 e. The number of rotatable bonds is 30. The lowest BCUT2D eigenvalue weighted by Gasteiger charge is -2.24. The summed E-state index contributed by atoms with van der Waals surface area (Å²) < 4.78 is 11.0. The molecular formula is C34H68O3. The fraction of sp³-hybridized carbons (Fsp3) is 0.971. The van der Waals surface area contributed by atoms with Crippen molar-refractivity contribution in [2.75, 3.05) is 14.2 Å². The van der Waals surface area contributed by atoms with Crippen LogP contribution >= 0.6 is 0 Å². The number of hydrogen-bond acceptors (Lipinski definition) is 3. The fourth-order valence-corrected chi connectivity index (χ4v) is 5.66. The highest BCUT2D eigenvalue weighted by Gasteiger charge is 2.28. The van der Waals surface area contributed by atoms with Gasteiger partial charge in [-0.3, -0.25) is 4.79 Å². The topological polar surface area (TPSA) is 35.5 Å². The van der Waals surface area contributed by atoms with Gasteiger partial charge in [0.1, 0.15) is 0 Å². The average Bonchev–Trinajstić information content (AvgIpc) is 2.92. The maximum absolute atomic E-state index is 12.5. The summed E-state index contributed by atoms with van der Waals surface area (Å²) in [5, 5.41) is 0. The van der Waals surface area contributed by atoms with Gasteiger partial charge in [-0.15, -0.1) is 0 Å². The molecule has 2 atom stereocenters. The highest BCUT2D eigenvalue weighted by atomic mass is 16.5. The summed E-state index contributed by atoms with van der Waals surface area (Å²) >= 11 is 0.